The maximum absolute atomic E-state index is 13.0. The Morgan fingerprint density at radius 3 is 2.52 bits per heavy atom. The van der Waals surface area contributed by atoms with Crippen LogP contribution in [0.1, 0.15) is 0 Å². The highest BCUT2D eigenvalue weighted by atomic mass is 19.1. The molecule has 2 heterocycles. The van der Waals surface area contributed by atoms with Crippen molar-refractivity contribution in [2.45, 2.75) is 0 Å². The lowest BCUT2D eigenvalue weighted by Gasteiger charge is -1.99. The van der Waals surface area contributed by atoms with Crippen molar-refractivity contribution in [3.63, 3.8) is 0 Å². The maximum atomic E-state index is 13.0. The van der Waals surface area contributed by atoms with Gasteiger partial charge in [-0.2, -0.15) is 5.10 Å². The zero-order valence-corrected chi connectivity index (χ0v) is 10.9. The molecule has 21 heavy (non-hydrogen) atoms. The van der Waals surface area contributed by atoms with E-state index >= 15 is 0 Å². The van der Waals surface area contributed by atoms with Crippen LogP contribution in [0.15, 0.2) is 59.4 Å². The van der Waals surface area contributed by atoms with Crippen molar-refractivity contribution in [3.05, 3.63) is 60.7 Å². The lowest BCUT2D eigenvalue weighted by molar-refractivity contribution is 0.441. The second-order valence-corrected chi connectivity index (χ2v) is 4.74. The van der Waals surface area contributed by atoms with Crippen LogP contribution < -0.4 is 0 Å². The Morgan fingerprint density at radius 2 is 1.76 bits per heavy atom. The lowest BCUT2D eigenvalue weighted by atomic mass is 10.0. The van der Waals surface area contributed by atoms with Gasteiger partial charge < -0.3 is 4.52 Å². The average Bonchev–Trinajstić information content (AvgIpc) is 3.17. The first-order valence-electron chi connectivity index (χ1n) is 6.46. The fourth-order valence-corrected chi connectivity index (χ4v) is 2.34. The van der Waals surface area contributed by atoms with Gasteiger partial charge in [-0.1, -0.05) is 11.2 Å². The van der Waals surface area contributed by atoms with Crippen molar-refractivity contribution in [2.24, 2.45) is 0 Å². The summed E-state index contributed by atoms with van der Waals surface area (Å²) in [5.74, 6) is 0.358. The monoisotopic (exact) mass is 279 g/mol. The number of nitrogens with zero attached hydrogens (tertiary/aromatic N) is 2. The first-order chi connectivity index (χ1) is 10.3. The summed E-state index contributed by atoms with van der Waals surface area (Å²) in [4.78, 5) is 0. The fourth-order valence-electron chi connectivity index (χ4n) is 2.34. The highest BCUT2D eigenvalue weighted by Crippen LogP contribution is 2.31. The quantitative estimate of drug-likeness (QED) is 0.603. The average molecular weight is 279 g/mol. The van der Waals surface area contributed by atoms with E-state index in [-0.39, 0.29) is 5.82 Å². The van der Waals surface area contributed by atoms with Crippen LogP contribution in [0, 0.1) is 5.82 Å². The molecule has 5 heteroatoms. The van der Waals surface area contributed by atoms with Crippen molar-refractivity contribution in [1.29, 1.82) is 0 Å². The van der Waals surface area contributed by atoms with E-state index in [1.807, 2.05) is 24.4 Å². The molecule has 4 aromatic rings. The number of hydrogen-bond donors (Lipinski definition) is 1. The van der Waals surface area contributed by atoms with Gasteiger partial charge in [-0.15, -0.1) is 0 Å². The van der Waals surface area contributed by atoms with E-state index in [9.17, 15) is 4.39 Å². The van der Waals surface area contributed by atoms with Gasteiger partial charge >= 0.3 is 0 Å². The summed E-state index contributed by atoms with van der Waals surface area (Å²) in [5.41, 5.74) is 3.57. The standard InChI is InChI=1S/C16H10FN3O/c17-13-4-1-10(2-5-13)16-14-7-11(12-8-18-19-9-12)3-6-15(14)20-21-16/h1-9H,(H,18,19). The minimum Gasteiger partial charge on any atom is -0.355 e. The van der Waals surface area contributed by atoms with Crippen molar-refractivity contribution in [2.75, 3.05) is 0 Å². The molecule has 0 unspecified atom stereocenters. The molecule has 102 valence electrons. The molecular formula is C16H10FN3O. The third kappa shape index (κ3) is 1.99. The van der Waals surface area contributed by atoms with Gasteiger partial charge in [-0.05, 0) is 42.0 Å². The molecule has 0 saturated heterocycles. The molecule has 0 radical (unpaired) electrons. The molecule has 2 aromatic carbocycles. The molecular weight excluding hydrogens is 269 g/mol. The van der Waals surface area contributed by atoms with Crippen molar-refractivity contribution in [3.8, 4) is 22.5 Å². The van der Waals surface area contributed by atoms with Gasteiger partial charge in [0.25, 0.3) is 0 Å². The molecule has 0 saturated carbocycles. The van der Waals surface area contributed by atoms with Crippen LogP contribution in [0.5, 0.6) is 0 Å². The van der Waals surface area contributed by atoms with Crippen molar-refractivity contribution in [1.82, 2.24) is 15.4 Å². The first-order valence-corrected chi connectivity index (χ1v) is 6.46. The highest BCUT2D eigenvalue weighted by molar-refractivity contribution is 5.94. The summed E-state index contributed by atoms with van der Waals surface area (Å²) >= 11 is 0. The molecule has 0 amide bonds. The van der Waals surface area contributed by atoms with Gasteiger partial charge in [0.05, 0.1) is 11.6 Å². The number of halogens is 1. The van der Waals surface area contributed by atoms with Crippen LogP contribution >= 0.6 is 0 Å². The molecule has 0 aliphatic rings. The Labute approximate surface area is 119 Å². The number of aromatic nitrogens is 3. The van der Waals surface area contributed by atoms with Gasteiger partial charge in [-0.3, -0.25) is 5.10 Å². The summed E-state index contributed by atoms with van der Waals surface area (Å²) in [6.07, 6.45) is 3.58. The van der Waals surface area contributed by atoms with E-state index in [4.69, 9.17) is 4.52 Å². The first kappa shape index (κ1) is 11.8. The summed E-state index contributed by atoms with van der Waals surface area (Å²) in [5, 5.41) is 11.7. The smallest absolute Gasteiger partial charge is 0.174 e. The molecule has 0 bridgehead atoms. The van der Waals surface area contributed by atoms with Gasteiger partial charge in [-0.25, -0.2) is 4.39 Å². The minimum atomic E-state index is -0.276. The van der Waals surface area contributed by atoms with Crippen LogP contribution in [0.2, 0.25) is 0 Å². The summed E-state index contributed by atoms with van der Waals surface area (Å²) in [6, 6.07) is 12.0. The van der Waals surface area contributed by atoms with E-state index in [1.165, 1.54) is 12.1 Å². The van der Waals surface area contributed by atoms with Crippen LogP contribution in [-0.4, -0.2) is 15.4 Å². The second kappa shape index (κ2) is 4.56. The number of hydrogen-bond acceptors (Lipinski definition) is 3. The van der Waals surface area contributed by atoms with Gasteiger partial charge in [0.1, 0.15) is 11.3 Å². The maximum Gasteiger partial charge on any atom is 0.174 e. The predicted octanol–water partition coefficient (Wildman–Crippen LogP) is 4.02. The van der Waals surface area contributed by atoms with E-state index in [2.05, 4.69) is 15.4 Å². The van der Waals surface area contributed by atoms with Gasteiger partial charge in [0.15, 0.2) is 5.76 Å². The van der Waals surface area contributed by atoms with Gasteiger partial charge in [0.2, 0.25) is 0 Å². The zero-order valence-electron chi connectivity index (χ0n) is 10.9. The van der Waals surface area contributed by atoms with E-state index in [0.717, 1.165) is 27.6 Å². The van der Waals surface area contributed by atoms with Crippen molar-refractivity contribution < 1.29 is 8.91 Å². The van der Waals surface area contributed by atoms with Crippen LogP contribution in [0.3, 0.4) is 0 Å². The summed E-state index contributed by atoms with van der Waals surface area (Å²) in [6.45, 7) is 0. The summed E-state index contributed by atoms with van der Waals surface area (Å²) < 4.78 is 18.5. The van der Waals surface area contributed by atoms with Crippen LogP contribution in [0.25, 0.3) is 33.4 Å². The molecule has 2 aromatic heterocycles. The molecule has 0 aliphatic carbocycles. The molecule has 0 fully saturated rings. The third-order valence-corrected chi connectivity index (χ3v) is 3.41. The predicted molar refractivity (Wildman–Crippen MR) is 77.0 cm³/mol. The number of benzene rings is 2. The lowest BCUT2D eigenvalue weighted by Crippen LogP contribution is -1.79. The minimum absolute atomic E-state index is 0.276. The fraction of sp³-hybridized carbons (Fsp3) is 0. The molecule has 0 spiro atoms. The molecule has 4 rings (SSSR count). The van der Waals surface area contributed by atoms with Crippen LogP contribution in [0.4, 0.5) is 4.39 Å². The molecule has 1 N–H and O–H groups in total. The molecule has 4 nitrogen and oxygen atoms in total. The Morgan fingerprint density at radius 1 is 0.952 bits per heavy atom. The largest absolute Gasteiger partial charge is 0.355 e. The molecule has 0 aliphatic heterocycles. The zero-order chi connectivity index (χ0) is 14.2. The number of aromatic amines is 1. The number of H-pyrrole nitrogens is 1. The number of fused-ring (bicyclic) bond motifs is 1. The molecule has 0 atom stereocenters. The SMILES string of the molecule is Fc1ccc(-c2onc3ccc(-c4cn[nH]c4)cc23)cc1. The van der Waals surface area contributed by atoms with E-state index in [0.29, 0.717) is 5.76 Å². The van der Waals surface area contributed by atoms with Gasteiger partial charge in [0, 0.05) is 17.3 Å². The van der Waals surface area contributed by atoms with E-state index in [1.54, 1.807) is 18.3 Å². The van der Waals surface area contributed by atoms with E-state index < -0.39 is 0 Å². The normalized spacial score (nSPS) is 11.1. The highest BCUT2D eigenvalue weighted by Gasteiger charge is 2.12. The van der Waals surface area contributed by atoms with Crippen LogP contribution in [-0.2, 0) is 0 Å². The van der Waals surface area contributed by atoms with Crippen molar-refractivity contribution >= 4 is 10.9 Å². The Bertz CT molecular complexity index is 895. The topological polar surface area (TPSA) is 54.7 Å². The Balaban J connectivity index is 1.90. The summed E-state index contributed by atoms with van der Waals surface area (Å²) in [7, 11) is 0. The number of nitrogens with one attached hydrogen (secondary N) is 1. The Hall–Kier alpha value is -2.95. The number of rotatable bonds is 2. The third-order valence-electron chi connectivity index (χ3n) is 3.41. The Kier molecular flexibility index (Phi) is 2.57. The second-order valence-electron chi connectivity index (χ2n) is 4.74.